The van der Waals surface area contributed by atoms with Crippen molar-refractivity contribution in [3.63, 3.8) is 0 Å². The van der Waals surface area contributed by atoms with Gasteiger partial charge in [-0.15, -0.1) is 0 Å². The van der Waals surface area contributed by atoms with Crippen molar-refractivity contribution in [1.29, 1.82) is 0 Å². The summed E-state index contributed by atoms with van der Waals surface area (Å²) in [6, 6.07) is 14.4. The first-order chi connectivity index (χ1) is 10.1. The van der Waals surface area contributed by atoms with E-state index >= 15 is 0 Å². The van der Waals surface area contributed by atoms with E-state index in [2.05, 4.69) is 51.1 Å². The summed E-state index contributed by atoms with van der Waals surface area (Å²) in [7, 11) is 0. The van der Waals surface area contributed by atoms with Crippen molar-refractivity contribution < 1.29 is 4.74 Å². The zero-order valence-corrected chi connectivity index (χ0v) is 13.2. The zero-order chi connectivity index (χ0) is 15.2. The molecule has 2 aromatic rings. The van der Waals surface area contributed by atoms with Crippen LogP contribution in [0.4, 0.5) is 5.69 Å². The molecule has 2 heteroatoms. The van der Waals surface area contributed by atoms with Crippen LogP contribution in [0.3, 0.4) is 0 Å². The summed E-state index contributed by atoms with van der Waals surface area (Å²) in [5.41, 5.74) is 10.5. The van der Waals surface area contributed by atoms with Gasteiger partial charge in [-0.1, -0.05) is 32.0 Å². The summed E-state index contributed by atoms with van der Waals surface area (Å²) >= 11 is 0. The Morgan fingerprint density at radius 1 is 1.05 bits per heavy atom. The van der Waals surface area contributed by atoms with Crippen molar-refractivity contribution in [3.05, 3.63) is 59.2 Å². The Bertz CT molecular complexity index is 573. The molecule has 0 unspecified atom stereocenters. The highest BCUT2D eigenvalue weighted by Crippen LogP contribution is 2.23. The number of benzene rings is 2. The largest absolute Gasteiger partial charge is 0.494 e. The van der Waals surface area contributed by atoms with E-state index in [0.29, 0.717) is 5.92 Å². The van der Waals surface area contributed by atoms with Crippen LogP contribution >= 0.6 is 0 Å². The quantitative estimate of drug-likeness (QED) is 0.615. The minimum Gasteiger partial charge on any atom is -0.494 e. The Labute approximate surface area is 127 Å². The molecule has 112 valence electrons. The summed E-state index contributed by atoms with van der Waals surface area (Å²) in [6.45, 7) is 7.33. The molecule has 0 amide bonds. The average molecular weight is 283 g/mol. The number of anilines is 1. The maximum Gasteiger partial charge on any atom is 0.119 e. The van der Waals surface area contributed by atoms with E-state index in [1.54, 1.807) is 0 Å². The summed E-state index contributed by atoms with van der Waals surface area (Å²) in [6.07, 6.45) is 2.03. The molecule has 0 radical (unpaired) electrons. The second-order valence-electron chi connectivity index (χ2n) is 5.87. The Kier molecular flexibility index (Phi) is 5.26. The van der Waals surface area contributed by atoms with Crippen LogP contribution in [0, 0.1) is 6.92 Å². The Morgan fingerprint density at radius 2 is 1.76 bits per heavy atom. The van der Waals surface area contributed by atoms with E-state index in [4.69, 9.17) is 10.5 Å². The van der Waals surface area contributed by atoms with Crippen LogP contribution in [0.25, 0.3) is 0 Å². The van der Waals surface area contributed by atoms with Crippen LogP contribution in [0.15, 0.2) is 42.5 Å². The second-order valence-corrected chi connectivity index (χ2v) is 5.87. The Hall–Kier alpha value is -1.96. The lowest BCUT2D eigenvalue weighted by Gasteiger charge is -2.12. The predicted octanol–water partition coefficient (Wildman–Crippen LogP) is 4.71. The molecule has 0 aliphatic rings. The minimum absolute atomic E-state index is 0.560. The summed E-state index contributed by atoms with van der Waals surface area (Å²) < 4.78 is 5.84. The van der Waals surface area contributed by atoms with Gasteiger partial charge in [0.25, 0.3) is 0 Å². The van der Waals surface area contributed by atoms with E-state index < -0.39 is 0 Å². The first kappa shape index (κ1) is 15.4. The van der Waals surface area contributed by atoms with Crippen molar-refractivity contribution >= 4 is 5.69 Å². The highest BCUT2D eigenvalue weighted by Gasteiger charge is 2.04. The van der Waals surface area contributed by atoms with Crippen molar-refractivity contribution in [1.82, 2.24) is 0 Å². The lowest BCUT2D eigenvalue weighted by molar-refractivity contribution is 0.310. The summed E-state index contributed by atoms with van der Waals surface area (Å²) in [5, 5.41) is 0. The number of rotatable bonds is 6. The number of nitrogen functional groups attached to an aromatic ring is 1. The Balaban J connectivity index is 1.81. The fourth-order valence-electron chi connectivity index (χ4n) is 2.54. The Morgan fingerprint density at radius 3 is 2.38 bits per heavy atom. The van der Waals surface area contributed by atoms with Gasteiger partial charge in [-0.2, -0.15) is 0 Å². The van der Waals surface area contributed by atoms with Gasteiger partial charge in [0.05, 0.1) is 6.61 Å². The fraction of sp³-hybridized carbons (Fsp3) is 0.368. The minimum atomic E-state index is 0.560. The molecule has 0 aromatic heterocycles. The molecule has 2 rings (SSSR count). The van der Waals surface area contributed by atoms with Gasteiger partial charge in [-0.05, 0) is 66.6 Å². The van der Waals surface area contributed by atoms with Gasteiger partial charge >= 0.3 is 0 Å². The number of hydrogen-bond acceptors (Lipinski definition) is 2. The lowest BCUT2D eigenvalue weighted by atomic mass is 9.98. The number of aryl methyl sites for hydroxylation is 2. The molecule has 2 nitrogen and oxygen atoms in total. The topological polar surface area (TPSA) is 35.2 Å². The van der Waals surface area contributed by atoms with Gasteiger partial charge in [0.15, 0.2) is 0 Å². The van der Waals surface area contributed by atoms with Gasteiger partial charge in [-0.25, -0.2) is 0 Å². The molecule has 2 N–H and O–H groups in total. The van der Waals surface area contributed by atoms with Crippen LogP contribution in [0.1, 0.15) is 42.9 Å². The van der Waals surface area contributed by atoms with Gasteiger partial charge in [0, 0.05) is 5.69 Å². The molecular formula is C19H25NO. The molecule has 21 heavy (non-hydrogen) atoms. The smallest absolute Gasteiger partial charge is 0.119 e. The first-order valence-electron chi connectivity index (χ1n) is 7.64. The second kappa shape index (κ2) is 7.16. The van der Waals surface area contributed by atoms with Gasteiger partial charge in [-0.3, -0.25) is 0 Å². The van der Waals surface area contributed by atoms with Gasteiger partial charge in [0.2, 0.25) is 0 Å². The van der Waals surface area contributed by atoms with Crippen LogP contribution in [0.2, 0.25) is 0 Å². The van der Waals surface area contributed by atoms with E-state index in [9.17, 15) is 0 Å². The van der Waals surface area contributed by atoms with Gasteiger partial charge < -0.3 is 10.5 Å². The first-order valence-corrected chi connectivity index (χ1v) is 7.64. The van der Waals surface area contributed by atoms with Crippen LogP contribution in [-0.2, 0) is 6.42 Å². The monoisotopic (exact) mass is 283 g/mol. The molecule has 0 fully saturated rings. The highest BCUT2D eigenvalue weighted by molar-refractivity contribution is 5.39. The van der Waals surface area contributed by atoms with E-state index in [1.807, 2.05) is 12.1 Å². The third-order valence-corrected chi connectivity index (χ3v) is 3.72. The SMILES string of the molecule is Cc1cc(OCCCc2ccc(N)cc2)ccc1C(C)C. The molecule has 0 heterocycles. The number of nitrogens with two attached hydrogens (primary N) is 1. The molecule has 0 aliphatic heterocycles. The number of ether oxygens (including phenoxy) is 1. The van der Waals surface area contributed by atoms with Crippen LogP contribution in [0.5, 0.6) is 5.75 Å². The molecule has 0 bridgehead atoms. The molecule has 0 saturated heterocycles. The predicted molar refractivity (Wildman–Crippen MR) is 89.9 cm³/mol. The average Bonchev–Trinajstić information content (AvgIpc) is 2.45. The molecule has 0 spiro atoms. The summed E-state index contributed by atoms with van der Waals surface area (Å²) in [4.78, 5) is 0. The third kappa shape index (κ3) is 4.52. The summed E-state index contributed by atoms with van der Waals surface area (Å²) in [5.74, 6) is 1.53. The molecule has 0 aliphatic carbocycles. The van der Waals surface area contributed by atoms with Crippen molar-refractivity contribution in [2.24, 2.45) is 0 Å². The van der Waals surface area contributed by atoms with Crippen LogP contribution in [-0.4, -0.2) is 6.61 Å². The molecule has 0 saturated carbocycles. The van der Waals surface area contributed by atoms with Crippen molar-refractivity contribution in [2.45, 2.75) is 39.5 Å². The van der Waals surface area contributed by atoms with Crippen molar-refractivity contribution in [3.8, 4) is 5.75 Å². The number of hydrogen-bond donors (Lipinski definition) is 1. The van der Waals surface area contributed by atoms with Gasteiger partial charge in [0.1, 0.15) is 5.75 Å². The van der Waals surface area contributed by atoms with E-state index in [-0.39, 0.29) is 0 Å². The maximum absolute atomic E-state index is 5.84. The van der Waals surface area contributed by atoms with E-state index in [1.165, 1.54) is 16.7 Å². The zero-order valence-electron chi connectivity index (χ0n) is 13.2. The molecule has 2 aromatic carbocycles. The highest BCUT2D eigenvalue weighted by atomic mass is 16.5. The molecule has 0 atom stereocenters. The standard InChI is InChI=1S/C19H25NO/c1-14(2)19-11-10-18(13-15(19)3)21-12-4-5-16-6-8-17(20)9-7-16/h6-11,13-14H,4-5,12,20H2,1-3H3. The normalized spacial score (nSPS) is 10.9. The lowest BCUT2D eigenvalue weighted by Crippen LogP contribution is -2.01. The fourth-order valence-corrected chi connectivity index (χ4v) is 2.54. The molecular weight excluding hydrogens is 258 g/mol. The van der Waals surface area contributed by atoms with E-state index in [0.717, 1.165) is 30.9 Å². The third-order valence-electron chi connectivity index (χ3n) is 3.72. The maximum atomic E-state index is 5.84. The van der Waals surface area contributed by atoms with Crippen molar-refractivity contribution in [2.75, 3.05) is 12.3 Å². The van der Waals surface area contributed by atoms with Crippen LogP contribution < -0.4 is 10.5 Å².